The number of hydrogen-bond donors (Lipinski definition) is 1. The minimum absolute atomic E-state index is 0.196. The highest BCUT2D eigenvalue weighted by atomic mass is 19.2. The predicted octanol–water partition coefficient (Wildman–Crippen LogP) is 2.61. The van der Waals surface area contributed by atoms with E-state index in [4.69, 9.17) is 5.73 Å². The molecule has 0 radical (unpaired) electrons. The highest BCUT2D eigenvalue weighted by molar-refractivity contribution is 5.75. The van der Waals surface area contributed by atoms with Crippen LogP contribution < -0.4 is 5.73 Å². The van der Waals surface area contributed by atoms with Crippen LogP contribution in [-0.4, -0.2) is 4.98 Å². The van der Waals surface area contributed by atoms with E-state index in [1.807, 2.05) is 0 Å². The first kappa shape index (κ1) is 9.58. The monoisotopic (exact) mass is 206 g/mol. The van der Waals surface area contributed by atoms with E-state index in [0.29, 0.717) is 11.1 Å². The second-order valence-electron chi connectivity index (χ2n) is 3.10. The molecule has 0 amide bonds. The van der Waals surface area contributed by atoms with Crippen LogP contribution in [0.1, 0.15) is 0 Å². The smallest absolute Gasteiger partial charge is 0.160 e. The first-order chi connectivity index (χ1) is 7.18. The summed E-state index contributed by atoms with van der Waals surface area (Å²) in [5.41, 5.74) is 6.89. The largest absolute Gasteiger partial charge is 0.398 e. The molecule has 0 aliphatic carbocycles. The van der Waals surface area contributed by atoms with Gasteiger partial charge in [-0.15, -0.1) is 0 Å². The van der Waals surface area contributed by atoms with Crippen molar-refractivity contribution >= 4 is 5.69 Å². The van der Waals surface area contributed by atoms with Crippen molar-refractivity contribution in [2.75, 3.05) is 5.73 Å². The highest BCUT2D eigenvalue weighted by Crippen LogP contribution is 2.27. The second kappa shape index (κ2) is 3.65. The van der Waals surface area contributed by atoms with Gasteiger partial charge >= 0.3 is 0 Å². The molecule has 1 aromatic carbocycles. The molecule has 0 saturated carbocycles. The van der Waals surface area contributed by atoms with Gasteiger partial charge in [-0.25, -0.2) is 8.78 Å². The Bertz CT molecular complexity index is 483. The molecule has 1 heterocycles. The molecule has 0 saturated heterocycles. The first-order valence-electron chi connectivity index (χ1n) is 4.33. The average Bonchev–Trinajstić information content (AvgIpc) is 2.25. The molecule has 15 heavy (non-hydrogen) atoms. The number of nitrogens with zero attached hydrogens (tertiary/aromatic N) is 1. The van der Waals surface area contributed by atoms with Crippen molar-refractivity contribution in [1.82, 2.24) is 4.98 Å². The molecule has 0 bridgehead atoms. The van der Waals surface area contributed by atoms with Gasteiger partial charge in [0.25, 0.3) is 0 Å². The number of benzene rings is 1. The fourth-order valence-electron chi connectivity index (χ4n) is 1.33. The lowest BCUT2D eigenvalue weighted by Crippen LogP contribution is -1.94. The molecule has 2 aromatic rings. The van der Waals surface area contributed by atoms with E-state index in [0.717, 1.165) is 12.1 Å². The number of halogens is 2. The van der Waals surface area contributed by atoms with Crippen molar-refractivity contribution in [2.45, 2.75) is 0 Å². The van der Waals surface area contributed by atoms with Crippen molar-refractivity contribution in [3.63, 3.8) is 0 Å². The topological polar surface area (TPSA) is 38.9 Å². The van der Waals surface area contributed by atoms with Gasteiger partial charge in [-0.05, 0) is 12.1 Å². The van der Waals surface area contributed by atoms with Crippen LogP contribution in [0, 0.1) is 11.6 Å². The Morgan fingerprint density at radius 1 is 1.13 bits per heavy atom. The van der Waals surface area contributed by atoms with Gasteiger partial charge in [-0.3, -0.25) is 4.98 Å². The number of pyridine rings is 1. The number of anilines is 1. The average molecular weight is 206 g/mol. The molecule has 0 aliphatic heterocycles. The van der Waals surface area contributed by atoms with Crippen molar-refractivity contribution in [3.05, 3.63) is 48.3 Å². The van der Waals surface area contributed by atoms with Gasteiger partial charge in [-0.2, -0.15) is 0 Å². The summed E-state index contributed by atoms with van der Waals surface area (Å²) in [6.07, 6.45) is 3.14. The van der Waals surface area contributed by atoms with Crippen LogP contribution in [0.25, 0.3) is 11.1 Å². The highest BCUT2D eigenvalue weighted by Gasteiger charge is 2.08. The van der Waals surface area contributed by atoms with Gasteiger partial charge in [0, 0.05) is 35.3 Å². The molecule has 0 fully saturated rings. The first-order valence-corrected chi connectivity index (χ1v) is 4.33. The standard InChI is InChI=1S/C11H8F2N2/c12-9-4-8(11(14)5-10(9)13)7-2-1-3-15-6-7/h1-6H,14H2. The Morgan fingerprint density at radius 3 is 2.53 bits per heavy atom. The van der Waals surface area contributed by atoms with Crippen molar-refractivity contribution in [3.8, 4) is 11.1 Å². The Morgan fingerprint density at radius 2 is 1.87 bits per heavy atom. The molecule has 0 aliphatic rings. The van der Waals surface area contributed by atoms with Crippen molar-refractivity contribution in [1.29, 1.82) is 0 Å². The van der Waals surface area contributed by atoms with Crippen LogP contribution in [0.15, 0.2) is 36.7 Å². The quantitative estimate of drug-likeness (QED) is 0.728. The van der Waals surface area contributed by atoms with Crippen LogP contribution in [0.4, 0.5) is 14.5 Å². The van der Waals surface area contributed by atoms with Gasteiger partial charge in [-0.1, -0.05) is 6.07 Å². The summed E-state index contributed by atoms with van der Waals surface area (Å²) < 4.78 is 25.8. The number of hydrogen-bond acceptors (Lipinski definition) is 2. The maximum atomic E-state index is 13.0. The van der Waals surface area contributed by atoms with E-state index in [9.17, 15) is 8.78 Å². The second-order valence-corrected chi connectivity index (χ2v) is 3.10. The van der Waals surface area contributed by atoms with E-state index in [1.165, 1.54) is 0 Å². The molecular formula is C11H8F2N2. The van der Waals surface area contributed by atoms with Gasteiger partial charge in [0.2, 0.25) is 0 Å². The number of nitrogens with two attached hydrogens (primary N) is 1. The van der Waals surface area contributed by atoms with Crippen LogP contribution >= 0.6 is 0 Å². The zero-order valence-electron chi connectivity index (χ0n) is 7.74. The molecule has 0 atom stereocenters. The normalized spacial score (nSPS) is 10.3. The molecule has 76 valence electrons. The number of aromatic nitrogens is 1. The van der Waals surface area contributed by atoms with Crippen molar-refractivity contribution < 1.29 is 8.78 Å². The van der Waals surface area contributed by atoms with Gasteiger partial charge in [0.1, 0.15) is 0 Å². The van der Waals surface area contributed by atoms with E-state index < -0.39 is 11.6 Å². The fraction of sp³-hybridized carbons (Fsp3) is 0. The molecule has 0 spiro atoms. The summed E-state index contributed by atoms with van der Waals surface area (Å²) in [4.78, 5) is 3.88. The third-order valence-corrected chi connectivity index (χ3v) is 2.06. The minimum atomic E-state index is -0.944. The third kappa shape index (κ3) is 1.79. The number of nitrogen functional groups attached to an aromatic ring is 1. The molecule has 2 nitrogen and oxygen atoms in total. The van der Waals surface area contributed by atoms with Crippen LogP contribution in [-0.2, 0) is 0 Å². The Hall–Kier alpha value is -1.97. The molecule has 0 unspecified atom stereocenters. The van der Waals surface area contributed by atoms with Gasteiger partial charge in [0.05, 0.1) is 0 Å². The maximum Gasteiger partial charge on any atom is 0.160 e. The van der Waals surface area contributed by atoms with Crippen molar-refractivity contribution in [2.24, 2.45) is 0 Å². The number of rotatable bonds is 1. The molecular weight excluding hydrogens is 198 g/mol. The van der Waals surface area contributed by atoms with Crippen LogP contribution in [0.3, 0.4) is 0 Å². The molecule has 2 N–H and O–H groups in total. The summed E-state index contributed by atoms with van der Waals surface area (Å²) in [6, 6.07) is 5.48. The molecule has 2 rings (SSSR count). The summed E-state index contributed by atoms with van der Waals surface area (Å²) in [5, 5.41) is 0. The summed E-state index contributed by atoms with van der Waals surface area (Å²) in [6.45, 7) is 0. The predicted molar refractivity (Wildman–Crippen MR) is 54.0 cm³/mol. The zero-order chi connectivity index (χ0) is 10.8. The summed E-state index contributed by atoms with van der Waals surface area (Å²) in [5.74, 6) is -1.86. The van der Waals surface area contributed by atoms with Gasteiger partial charge < -0.3 is 5.73 Å². The SMILES string of the molecule is Nc1cc(F)c(F)cc1-c1cccnc1. The fourth-order valence-corrected chi connectivity index (χ4v) is 1.33. The lowest BCUT2D eigenvalue weighted by atomic mass is 10.1. The molecule has 1 aromatic heterocycles. The maximum absolute atomic E-state index is 13.0. The van der Waals surface area contributed by atoms with E-state index in [1.54, 1.807) is 24.5 Å². The zero-order valence-corrected chi connectivity index (χ0v) is 7.74. The lowest BCUT2D eigenvalue weighted by Gasteiger charge is -2.05. The summed E-state index contributed by atoms with van der Waals surface area (Å²) in [7, 11) is 0. The molecule has 4 heteroatoms. The Balaban J connectivity index is 2.59. The van der Waals surface area contributed by atoms with E-state index in [2.05, 4.69) is 4.98 Å². The Labute approximate surface area is 85.4 Å². The van der Waals surface area contributed by atoms with Crippen LogP contribution in [0.5, 0.6) is 0 Å². The Kier molecular flexibility index (Phi) is 2.33. The van der Waals surface area contributed by atoms with Crippen LogP contribution in [0.2, 0.25) is 0 Å². The summed E-state index contributed by atoms with van der Waals surface area (Å²) >= 11 is 0. The lowest BCUT2D eigenvalue weighted by molar-refractivity contribution is 0.509. The minimum Gasteiger partial charge on any atom is -0.398 e. The van der Waals surface area contributed by atoms with E-state index in [-0.39, 0.29) is 5.69 Å². The third-order valence-electron chi connectivity index (χ3n) is 2.06. The van der Waals surface area contributed by atoms with Gasteiger partial charge in [0.15, 0.2) is 11.6 Å². The van der Waals surface area contributed by atoms with E-state index >= 15 is 0 Å².